The van der Waals surface area contributed by atoms with Crippen molar-refractivity contribution in [2.45, 2.75) is 44.1 Å². The summed E-state index contributed by atoms with van der Waals surface area (Å²) in [5, 5.41) is -2.75. The second-order valence-electron chi connectivity index (χ2n) is 12.6. The lowest BCUT2D eigenvalue weighted by molar-refractivity contribution is 0.476. The average Bonchev–Trinajstić information content (AvgIpc) is 3.11. The van der Waals surface area contributed by atoms with Gasteiger partial charge in [0.2, 0.25) is 0 Å². The Morgan fingerprint density at radius 3 is 0.892 bits per heavy atom. The van der Waals surface area contributed by atoms with Gasteiger partial charge >= 0.3 is 0 Å². The summed E-state index contributed by atoms with van der Waals surface area (Å²) in [7, 11) is -49.6. The molecule has 0 atom stereocenters. The van der Waals surface area contributed by atoms with Crippen LogP contribution in [0.1, 0.15) is 0 Å². The van der Waals surface area contributed by atoms with Crippen molar-refractivity contribution in [1.82, 2.24) is 0 Å². The second-order valence-corrected chi connectivity index (χ2v) is 26.1. The van der Waals surface area contributed by atoms with Gasteiger partial charge in [-0.3, -0.25) is 41.5 Å². The molecule has 0 spiro atoms. The van der Waals surface area contributed by atoms with E-state index in [1.165, 1.54) is 4.72 Å². The van der Waals surface area contributed by atoms with Gasteiger partial charge in [-0.1, -0.05) is 0 Å². The third kappa shape index (κ3) is 11.5. The Hall–Kier alpha value is -5.00. The lowest BCUT2D eigenvalue weighted by atomic mass is 10.1. The fourth-order valence-corrected chi connectivity index (χ4v) is 12.6. The Balaban J connectivity index is 1.87. The number of fused-ring (bicyclic) bond motifs is 1. The molecule has 0 saturated heterocycles. The van der Waals surface area contributed by atoms with Crippen LogP contribution in [0.5, 0.6) is 0 Å². The van der Waals surface area contributed by atoms with Crippen LogP contribution < -0.4 is 14.2 Å². The number of hydrogen-bond acceptors (Lipinski definition) is 18. The summed E-state index contributed by atoms with van der Waals surface area (Å²) in [5.74, 6) is -1.75. The van der Waals surface area contributed by atoms with Gasteiger partial charge in [0.15, 0.2) is 0 Å². The third-order valence-corrected chi connectivity index (χ3v) is 17.2. The van der Waals surface area contributed by atoms with Crippen molar-refractivity contribution in [3.8, 4) is 0 Å². The van der Waals surface area contributed by atoms with E-state index in [9.17, 15) is 103 Å². The van der Waals surface area contributed by atoms with E-state index >= 15 is 4.39 Å². The van der Waals surface area contributed by atoms with E-state index in [1.54, 1.807) is 9.44 Å². The van der Waals surface area contributed by atoms with Crippen molar-refractivity contribution >= 4 is 119 Å². The number of nitrogens with one attached hydrogen (secondary N) is 3. The van der Waals surface area contributed by atoms with Crippen molar-refractivity contribution < 1.29 is 107 Å². The molecule has 5 rings (SSSR count). The van der Waals surface area contributed by atoms with E-state index in [0.717, 1.165) is 0 Å². The molecule has 0 saturated carbocycles. The first-order valence-corrected chi connectivity index (χ1v) is 28.8. The molecule has 0 aliphatic heterocycles. The van der Waals surface area contributed by atoms with E-state index in [0.29, 0.717) is 6.07 Å². The molecule has 0 aromatic heterocycles. The van der Waals surface area contributed by atoms with Crippen molar-refractivity contribution in [1.29, 1.82) is 0 Å². The number of benzene rings is 5. The lowest BCUT2D eigenvalue weighted by Gasteiger charge is -2.18. The molecule has 27 nitrogen and oxygen atoms in total. The van der Waals surface area contributed by atoms with Crippen molar-refractivity contribution in [3.63, 3.8) is 0 Å². The summed E-state index contributed by atoms with van der Waals surface area (Å²) in [5.41, 5.74) is -3.48. The summed E-state index contributed by atoms with van der Waals surface area (Å²) in [6, 6.07) is 2.70. The van der Waals surface area contributed by atoms with Gasteiger partial charge < -0.3 is 0 Å². The normalized spacial score (nSPS) is 13.6. The zero-order chi connectivity index (χ0) is 49.5. The maximum atomic E-state index is 16.0. The van der Waals surface area contributed by atoms with Crippen molar-refractivity contribution in [2.75, 3.05) is 14.2 Å². The van der Waals surface area contributed by atoms with Crippen LogP contribution in [0.25, 0.3) is 10.8 Å². The molecule has 0 amide bonds. The Labute approximate surface area is 366 Å². The largest absolute Gasteiger partial charge is 0.294 e. The molecular formula is C28H22FN3O24S9. The highest BCUT2D eigenvalue weighted by Crippen LogP contribution is 2.37. The number of hydrogen-bond donors (Lipinski definition) is 9. The molecule has 5 aromatic carbocycles. The fraction of sp³-hybridized carbons (Fsp3) is 0. The molecule has 354 valence electrons. The van der Waals surface area contributed by atoms with Gasteiger partial charge in [0.05, 0.1) is 61.1 Å². The Bertz CT molecular complexity index is 3810. The standard InChI is InChI=1S/C28H22FN3O24S9/c29-25-1-2-26(58(35,36)31-15-5-20(62(45,46)47)10-21(6-15)63(48,49)50)24-12-17(57(33,34)30-14-3-18(60(39,40)41)9-19(4-14)61(42,43)44)13-27(28(24)25)59(37,38)32-16-7-22(64(51,52)53)11-23(8-16)65(54,55)56/h1-13,30-32H,(H,39,40,41)(H,42,43,44)(H,45,46,47)(H,48,49,50)(H,51,52,53)(H,54,55,56). The molecule has 9 N–H and O–H groups in total. The highest BCUT2D eigenvalue weighted by molar-refractivity contribution is 7.94. The molecule has 5 aromatic rings. The van der Waals surface area contributed by atoms with E-state index in [-0.39, 0.29) is 72.8 Å². The van der Waals surface area contributed by atoms with Gasteiger partial charge in [-0.05, 0) is 78.9 Å². The molecule has 0 aliphatic carbocycles. The monoisotopic (exact) mass is 1090 g/mol. The minimum absolute atomic E-state index is 0.0283. The Kier molecular flexibility index (Phi) is 12.9. The van der Waals surface area contributed by atoms with Crippen LogP contribution in [0.3, 0.4) is 0 Å². The molecule has 0 fully saturated rings. The smallest absolute Gasteiger partial charge is 0.282 e. The predicted molar refractivity (Wildman–Crippen MR) is 215 cm³/mol. The predicted octanol–water partition coefficient (Wildman–Crippen LogP) is 0.862. The van der Waals surface area contributed by atoms with Gasteiger partial charge in [0.1, 0.15) is 5.82 Å². The van der Waals surface area contributed by atoms with Crippen molar-refractivity contribution in [2.24, 2.45) is 0 Å². The molecular weight excluding hydrogens is 1070 g/mol. The zero-order valence-corrected chi connectivity index (χ0v) is 37.9. The molecule has 0 heterocycles. The molecule has 0 bridgehead atoms. The van der Waals surface area contributed by atoms with Crippen LogP contribution >= 0.6 is 0 Å². The minimum atomic E-state index is -5.82. The lowest BCUT2D eigenvalue weighted by Crippen LogP contribution is -2.19. The SMILES string of the molecule is O=S(=O)(O)c1cc(NS(=O)(=O)c2cc(S(=O)(=O)Nc3cc(S(=O)(=O)O)cc(S(=O)(=O)O)c3)c3c(F)ccc(S(=O)(=O)Nc4cc(S(=O)(=O)O)cc(S(=O)(=O)O)c4)c3c2)cc(S(=O)(=O)O)c1. The molecule has 0 radical (unpaired) electrons. The summed E-state index contributed by atoms with van der Waals surface area (Å²) < 4.78 is 305. The molecule has 0 aliphatic rings. The van der Waals surface area contributed by atoms with Crippen molar-refractivity contribution in [3.05, 3.63) is 84.7 Å². The van der Waals surface area contributed by atoms with Crippen LogP contribution in [0.4, 0.5) is 21.5 Å². The average molecular weight is 1090 g/mol. The quantitative estimate of drug-likeness (QED) is 0.0656. The molecule has 37 heteroatoms. The van der Waals surface area contributed by atoms with E-state index in [4.69, 9.17) is 0 Å². The summed E-state index contributed by atoms with van der Waals surface area (Å²) in [6.45, 7) is 0. The maximum Gasteiger partial charge on any atom is 0.294 e. The first-order valence-electron chi connectivity index (χ1n) is 15.7. The van der Waals surface area contributed by atoms with E-state index in [1.807, 2.05) is 0 Å². The highest BCUT2D eigenvalue weighted by atomic mass is 32.2. The fourth-order valence-electron chi connectivity index (χ4n) is 5.37. The summed E-state index contributed by atoms with van der Waals surface area (Å²) in [4.78, 5) is -12.9. The number of sulfonamides is 3. The van der Waals surface area contributed by atoms with Gasteiger partial charge in [-0.2, -0.15) is 50.5 Å². The third-order valence-electron chi connectivity index (χ3n) is 8.03. The highest BCUT2D eigenvalue weighted by Gasteiger charge is 2.32. The van der Waals surface area contributed by atoms with Gasteiger partial charge in [-0.25, -0.2) is 29.6 Å². The van der Waals surface area contributed by atoms with Gasteiger partial charge in [0.25, 0.3) is 90.8 Å². The number of rotatable bonds is 15. The topological polar surface area (TPSA) is 465 Å². The van der Waals surface area contributed by atoms with E-state index < -0.39 is 168 Å². The number of halogens is 1. The first kappa shape index (κ1) is 51.0. The Morgan fingerprint density at radius 2 is 0.600 bits per heavy atom. The van der Waals surface area contributed by atoms with E-state index in [2.05, 4.69) is 0 Å². The second kappa shape index (κ2) is 16.4. The first-order chi connectivity index (χ1) is 29.1. The summed E-state index contributed by atoms with van der Waals surface area (Å²) >= 11 is 0. The van der Waals surface area contributed by atoms with Crippen LogP contribution in [0, 0.1) is 5.82 Å². The summed E-state index contributed by atoms with van der Waals surface area (Å²) in [6.07, 6.45) is 0. The van der Waals surface area contributed by atoms with Crippen LogP contribution in [-0.2, 0) is 90.8 Å². The Morgan fingerprint density at radius 1 is 0.323 bits per heavy atom. The zero-order valence-electron chi connectivity index (χ0n) is 30.6. The van der Waals surface area contributed by atoms with Gasteiger partial charge in [-0.15, -0.1) is 0 Å². The van der Waals surface area contributed by atoms with Crippen LogP contribution in [0.2, 0.25) is 0 Å². The van der Waals surface area contributed by atoms with Gasteiger partial charge in [0, 0.05) is 10.8 Å². The van der Waals surface area contributed by atoms with Crippen LogP contribution in [-0.4, -0.2) is 103 Å². The maximum absolute atomic E-state index is 16.0. The molecule has 0 unspecified atom stereocenters. The van der Waals surface area contributed by atoms with Crippen LogP contribution in [0.15, 0.2) is 123 Å². The number of anilines is 3. The minimum Gasteiger partial charge on any atom is -0.282 e. The molecule has 65 heavy (non-hydrogen) atoms.